The lowest BCUT2D eigenvalue weighted by Gasteiger charge is -2.28. The molecule has 2 N–H and O–H groups in total. The van der Waals surface area contributed by atoms with Gasteiger partial charge in [-0.2, -0.15) is 0 Å². The summed E-state index contributed by atoms with van der Waals surface area (Å²) in [4.78, 5) is 0. The highest BCUT2D eigenvalue weighted by Gasteiger charge is 2.44. The number of hydrogen-bond acceptors (Lipinski definition) is 4. The van der Waals surface area contributed by atoms with E-state index in [0.29, 0.717) is 17.5 Å². The first-order valence-corrected chi connectivity index (χ1v) is 14.2. The summed E-state index contributed by atoms with van der Waals surface area (Å²) in [5, 5.41) is 25.6. The van der Waals surface area contributed by atoms with Gasteiger partial charge in [0, 0.05) is 11.1 Å². The molecule has 0 unspecified atom stereocenters. The molecule has 0 saturated heterocycles. The molecule has 0 bridgehead atoms. The van der Waals surface area contributed by atoms with Crippen molar-refractivity contribution in [2.24, 2.45) is 0 Å². The second-order valence-electron chi connectivity index (χ2n) is 8.86. The molecule has 4 nitrogen and oxygen atoms in total. The maximum atomic E-state index is 10.9. The number of aromatic hydroxyl groups is 2. The third kappa shape index (κ3) is 4.79. The Morgan fingerprint density at radius 3 is 1.44 bits per heavy atom. The first-order valence-electron chi connectivity index (χ1n) is 12.2. The molecule has 0 heterocycles. The molecule has 0 radical (unpaired) electrons. The molecule has 36 heavy (non-hydrogen) atoms. The number of rotatable bonds is 10. The van der Waals surface area contributed by atoms with Crippen molar-refractivity contribution in [1.82, 2.24) is 0 Å². The lowest BCUT2D eigenvalue weighted by Crippen LogP contribution is -2.33. The van der Waals surface area contributed by atoms with Crippen LogP contribution in [0, 0.1) is 6.92 Å². The molecule has 0 spiro atoms. The van der Waals surface area contributed by atoms with Crippen molar-refractivity contribution in [1.29, 1.82) is 0 Å². The smallest absolute Gasteiger partial charge is 0.207 e. The van der Waals surface area contributed by atoms with Crippen LogP contribution in [0.2, 0.25) is 0 Å². The van der Waals surface area contributed by atoms with Crippen LogP contribution in [0.15, 0.2) is 91.0 Å². The Balaban J connectivity index is 1.68. The largest absolute Gasteiger partial charge is 0.504 e. The highest BCUT2D eigenvalue weighted by atomic mass is 31.2. The zero-order valence-electron chi connectivity index (χ0n) is 21.1. The minimum atomic E-state index is -1.89. The van der Waals surface area contributed by atoms with Crippen molar-refractivity contribution in [2.45, 2.75) is 26.2 Å². The molecular formula is C31H34O4P+. The van der Waals surface area contributed by atoms with Gasteiger partial charge in [-0.1, -0.05) is 54.6 Å². The third-order valence-electron chi connectivity index (χ3n) is 6.90. The fourth-order valence-corrected chi connectivity index (χ4v) is 9.47. The molecule has 0 amide bonds. The van der Waals surface area contributed by atoms with Crippen LogP contribution in [0.5, 0.6) is 23.0 Å². The van der Waals surface area contributed by atoms with Gasteiger partial charge in [-0.05, 0) is 62.6 Å². The normalized spacial score (nSPS) is 11.3. The van der Waals surface area contributed by atoms with E-state index < -0.39 is 7.26 Å². The maximum absolute atomic E-state index is 10.9. The van der Waals surface area contributed by atoms with Gasteiger partial charge in [0.15, 0.2) is 11.5 Å². The summed E-state index contributed by atoms with van der Waals surface area (Å²) in [5.74, 6) is 0.399. The fraction of sp³-hybridized carbons (Fsp3) is 0.226. The summed E-state index contributed by atoms with van der Waals surface area (Å²) in [6.45, 7) is 1.81. The molecule has 0 aromatic heterocycles. The molecule has 0 atom stereocenters. The fourth-order valence-electron chi connectivity index (χ4n) is 5.06. The molecule has 0 saturated carbocycles. The quantitative estimate of drug-likeness (QED) is 0.165. The standard InChI is InChI=1S/C31H33O4P/c1-23-27(29(33)31(35-3)30(34-2)28(23)32)21-13-14-22-36(24-15-7-4-8-16-24,25-17-9-5-10-18-25)26-19-11-6-12-20-26/h4-12,15-20H,13-14,21-22H2,1-3H3,(H-,32,33)/p+1. The van der Waals surface area contributed by atoms with Crippen molar-refractivity contribution in [3.05, 3.63) is 102 Å². The number of benzene rings is 4. The SMILES string of the molecule is COc1c(O)c(C)c(CCCC[P+](c2ccccc2)(c2ccccc2)c2ccccc2)c(O)c1OC. The van der Waals surface area contributed by atoms with Crippen molar-refractivity contribution in [2.75, 3.05) is 20.4 Å². The molecule has 0 aliphatic rings. The van der Waals surface area contributed by atoms with Crippen molar-refractivity contribution in [3.8, 4) is 23.0 Å². The molecule has 4 rings (SSSR count). The van der Waals surface area contributed by atoms with Gasteiger partial charge in [0.2, 0.25) is 11.5 Å². The topological polar surface area (TPSA) is 58.9 Å². The zero-order valence-corrected chi connectivity index (χ0v) is 22.0. The Labute approximate surface area is 214 Å². The second kappa shape index (κ2) is 11.5. The lowest BCUT2D eigenvalue weighted by atomic mass is 9.99. The molecule has 0 aliphatic heterocycles. The van der Waals surface area contributed by atoms with E-state index in [2.05, 4.69) is 91.0 Å². The van der Waals surface area contributed by atoms with E-state index in [1.54, 1.807) is 0 Å². The molecule has 0 fully saturated rings. The monoisotopic (exact) mass is 501 g/mol. The summed E-state index contributed by atoms with van der Waals surface area (Å²) in [7, 11) is 1.03. The van der Waals surface area contributed by atoms with Crippen molar-refractivity contribution in [3.63, 3.8) is 0 Å². The number of phenols is 2. The van der Waals surface area contributed by atoms with Crippen LogP contribution in [0.4, 0.5) is 0 Å². The van der Waals surface area contributed by atoms with Crippen LogP contribution in [-0.2, 0) is 6.42 Å². The van der Waals surface area contributed by atoms with Crippen LogP contribution < -0.4 is 25.4 Å². The van der Waals surface area contributed by atoms with Crippen LogP contribution >= 0.6 is 7.26 Å². The van der Waals surface area contributed by atoms with Gasteiger partial charge in [-0.15, -0.1) is 0 Å². The number of methoxy groups -OCH3 is 2. The summed E-state index contributed by atoms with van der Waals surface area (Å²) in [6.07, 6.45) is 3.45. The number of unbranched alkanes of at least 4 members (excludes halogenated alkanes) is 1. The van der Waals surface area contributed by atoms with Crippen LogP contribution in [0.3, 0.4) is 0 Å². The minimum absolute atomic E-state index is 0.0156. The molecule has 4 aromatic carbocycles. The van der Waals surface area contributed by atoms with Gasteiger partial charge in [0.1, 0.15) is 23.2 Å². The lowest BCUT2D eigenvalue weighted by molar-refractivity contribution is 0.313. The molecular weight excluding hydrogens is 467 g/mol. The highest BCUT2D eigenvalue weighted by Crippen LogP contribution is 2.56. The van der Waals surface area contributed by atoms with Crippen LogP contribution in [-0.4, -0.2) is 30.6 Å². The first kappa shape index (κ1) is 25.6. The number of ether oxygens (including phenoxy) is 2. The van der Waals surface area contributed by atoms with Gasteiger partial charge < -0.3 is 19.7 Å². The Morgan fingerprint density at radius 2 is 1.03 bits per heavy atom. The van der Waals surface area contributed by atoms with Crippen LogP contribution in [0.25, 0.3) is 0 Å². The zero-order chi connectivity index (χ0) is 25.5. The van der Waals surface area contributed by atoms with E-state index in [-0.39, 0.29) is 23.0 Å². The van der Waals surface area contributed by atoms with E-state index >= 15 is 0 Å². The van der Waals surface area contributed by atoms with E-state index in [1.165, 1.54) is 30.1 Å². The van der Waals surface area contributed by atoms with Gasteiger partial charge >= 0.3 is 0 Å². The summed E-state index contributed by atoms with van der Waals surface area (Å²) < 4.78 is 10.6. The predicted octanol–water partition coefficient (Wildman–Crippen LogP) is 5.74. The Hall–Kier alpha value is -3.49. The number of phenolic OH excluding ortho intramolecular Hbond substituents is 2. The van der Waals surface area contributed by atoms with Crippen molar-refractivity contribution < 1.29 is 19.7 Å². The highest BCUT2D eigenvalue weighted by molar-refractivity contribution is 7.95. The molecule has 186 valence electrons. The first-order chi connectivity index (χ1) is 17.5. The Bertz CT molecular complexity index is 1180. The second-order valence-corrected chi connectivity index (χ2v) is 12.5. The maximum Gasteiger partial charge on any atom is 0.207 e. The van der Waals surface area contributed by atoms with E-state index in [1.807, 2.05) is 6.92 Å². The average molecular weight is 502 g/mol. The van der Waals surface area contributed by atoms with Crippen LogP contribution in [0.1, 0.15) is 24.0 Å². The van der Waals surface area contributed by atoms with Gasteiger partial charge in [-0.25, -0.2) is 0 Å². The van der Waals surface area contributed by atoms with E-state index in [4.69, 9.17) is 9.47 Å². The minimum Gasteiger partial charge on any atom is -0.504 e. The number of hydrogen-bond donors (Lipinski definition) is 2. The molecule has 0 aliphatic carbocycles. The van der Waals surface area contributed by atoms with Crippen molar-refractivity contribution >= 4 is 23.2 Å². The van der Waals surface area contributed by atoms with Gasteiger partial charge in [0.05, 0.1) is 20.4 Å². The average Bonchev–Trinajstić information content (AvgIpc) is 2.93. The van der Waals surface area contributed by atoms with E-state index in [0.717, 1.165) is 19.0 Å². The summed E-state index contributed by atoms with van der Waals surface area (Å²) in [5.41, 5.74) is 1.33. The third-order valence-corrected chi connectivity index (χ3v) is 11.4. The Kier molecular flexibility index (Phi) is 8.18. The predicted molar refractivity (Wildman–Crippen MR) is 151 cm³/mol. The summed E-state index contributed by atoms with van der Waals surface area (Å²) >= 11 is 0. The van der Waals surface area contributed by atoms with E-state index in [9.17, 15) is 10.2 Å². The Morgan fingerprint density at radius 1 is 0.611 bits per heavy atom. The van der Waals surface area contributed by atoms with Gasteiger partial charge in [0.25, 0.3) is 0 Å². The molecule has 5 heteroatoms. The van der Waals surface area contributed by atoms with Gasteiger partial charge in [-0.3, -0.25) is 0 Å². The summed E-state index contributed by atoms with van der Waals surface area (Å²) in [6, 6.07) is 32.6. The molecule has 4 aromatic rings.